The number of ether oxygens (including phenoxy) is 1. The fourth-order valence-corrected chi connectivity index (χ4v) is 5.27. The van der Waals surface area contributed by atoms with Crippen LogP contribution >= 0.6 is 11.3 Å². The maximum atomic E-state index is 12.0. The van der Waals surface area contributed by atoms with Crippen molar-refractivity contribution < 1.29 is 14.6 Å². The standard InChI is InChI=1S/C23H25N5O3S/c1-4-19(29)28-6-5-23(30,11-28)18-10-15(20(27-18)22(25)26-12-24)17-9-14-7-13(2)8-16(31-3)21(14)32-17/h4,7-10,12,27,30H,1,5-6,11H2,2-3H3,(H3,24,25,26). The summed E-state index contributed by atoms with van der Waals surface area (Å²) in [4.78, 5) is 21.6. The molecule has 0 saturated carbocycles. The fourth-order valence-electron chi connectivity index (χ4n) is 4.12. The SMILES string of the molecule is C=CC(=O)N1CCC(O)(c2cc(-c3cc4cc(C)cc(OC)c4s3)c(/C(N)=N\C=N)[nH]2)C1. The lowest BCUT2D eigenvalue weighted by atomic mass is 9.98. The van der Waals surface area contributed by atoms with E-state index in [-0.39, 0.29) is 18.3 Å². The number of H-pyrrole nitrogens is 1. The number of aryl methyl sites for hydroxylation is 1. The Kier molecular flexibility index (Phi) is 5.62. The van der Waals surface area contributed by atoms with Gasteiger partial charge in [-0.2, -0.15) is 0 Å². The van der Waals surface area contributed by atoms with Crippen molar-refractivity contribution in [1.29, 1.82) is 5.41 Å². The van der Waals surface area contributed by atoms with Crippen molar-refractivity contribution in [1.82, 2.24) is 9.88 Å². The summed E-state index contributed by atoms with van der Waals surface area (Å²) in [6, 6.07) is 7.98. The van der Waals surface area contributed by atoms with Crippen LogP contribution in [0.2, 0.25) is 0 Å². The molecule has 0 spiro atoms. The number of hydrogen-bond acceptors (Lipinski definition) is 5. The van der Waals surface area contributed by atoms with Gasteiger partial charge in [-0.25, -0.2) is 4.99 Å². The van der Waals surface area contributed by atoms with Gasteiger partial charge in [0, 0.05) is 23.4 Å². The van der Waals surface area contributed by atoms with Crippen LogP contribution in [0.1, 0.15) is 23.4 Å². The molecule has 1 saturated heterocycles. The van der Waals surface area contributed by atoms with Gasteiger partial charge in [-0.05, 0) is 42.1 Å². The molecule has 1 fully saturated rings. The van der Waals surface area contributed by atoms with Crippen LogP contribution in [0.4, 0.5) is 0 Å². The average molecular weight is 452 g/mol. The number of fused-ring (bicyclic) bond motifs is 1. The summed E-state index contributed by atoms with van der Waals surface area (Å²) in [5.74, 6) is 0.718. The predicted molar refractivity (Wildman–Crippen MR) is 128 cm³/mol. The minimum atomic E-state index is -1.25. The Bertz CT molecular complexity index is 1260. The number of aliphatic hydroxyl groups is 1. The van der Waals surface area contributed by atoms with Crippen molar-refractivity contribution >= 4 is 39.5 Å². The number of aromatic amines is 1. The Morgan fingerprint density at radius 2 is 2.22 bits per heavy atom. The van der Waals surface area contributed by atoms with Gasteiger partial charge in [0.1, 0.15) is 23.5 Å². The molecule has 2 aromatic heterocycles. The van der Waals surface area contributed by atoms with E-state index in [0.29, 0.717) is 24.4 Å². The molecule has 9 heteroatoms. The first-order valence-electron chi connectivity index (χ1n) is 10.1. The highest BCUT2D eigenvalue weighted by Gasteiger charge is 2.41. The van der Waals surface area contributed by atoms with E-state index in [1.165, 1.54) is 6.08 Å². The Balaban J connectivity index is 1.84. The summed E-state index contributed by atoms with van der Waals surface area (Å²) in [5.41, 5.74) is 7.84. The number of rotatable bonds is 6. The van der Waals surface area contributed by atoms with Gasteiger partial charge in [-0.3, -0.25) is 10.2 Å². The number of hydrogen-bond donors (Lipinski definition) is 4. The second kappa shape index (κ2) is 8.25. The maximum Gasteiger partial charge on any atom is 0.246 e. The normalized spacial score (nSPS) is 18.8. The first-order valence-corrected chi connectivity index (χ1v) is 10.9. The van der Waals surface area contributed by atoms with E-state index in [1.54, 1.807) is 23.3 Å². The van der Waals surface area contributed by atoms with Gasteiger partial charge in [-0.1, -0.05) is 12.6 Å². The number of amidine groups is 1. The number of β-amino-alcohol motifs (C(OH)–C–C–N with tert-alkyl or cyclic N) is 1. The van der Waals surface area contributed by atoms with Crippen LogP contribution in [-0.4, -0.2) is 53.3 Å². The van der Waals surface area contributed by atoms with Crippen LogP contribution in [0.25, 0.3) is 20.5 Å². The summed E-state index contributed by atoms with van der Waals surface area (Å²) < 4.78 is 6.57. The topological polar surface area (TPSA) is 128 Å². The molecule has 8 nitrogen and oxygen atoms in total. The lowest BCUT2D eigenvalue weighted by molar-refractivity contribution is -0.126. The number of carbonyl (C=O) groups is 1. The van der Waals surface area contributed by atoms with Gasteiger partial charge >= 0.3 is 0 Å². The maximum absolute atomic E-state index is 12.0. The van der Waals surface area contributed by atoms with Crippen LogP contribution in [0.15, 0.2) is 41.9 Å². The minimum absolute atomic E-state index is 0.141. The summed E-state index contributed by atoms with van der Waals surface area (Å²) in [6.07, 6.45) is 2.51. The van der Waals surface area contributed by atoms with Gasteiger partial charge in [-0.15, -0.1) is 11.3 Å². The Labute approximate surface area is 189 Å². The molecule has 166 valence electrons. The highest BCUT2D eigenvalue weighted by molar-refractivity contribution is 7.22. The minimum Gasteiger partial charge on any atom is -0.495 e. The lowest BCUT2D eigenvalue weighted by Crippen LogP contribution is -2.33. The molecule has 0 bridgehead atoms. The molecule has 1 amide bonds. The second-order valence-corrected chi connectivity index (χ2v) is 8.91. The van der Waals surface area contributed by atoms with Gasteiger partial charge in [0.15, 0.2) is 0 Å². The van der Waals surface area contributed by atoms with Crippen molar-refractivity contribution in [3.8, 4) is 16.2 Å². The molecule has 1 unspecified atom stereocenters. The quantitative estimate of drug-likeness (QED) is 0.261. The summed E-state index contributed by atoms with van der Waals surface area (Å²) in [5, 5.41) is 19.7. The van der Waals surface area contributed by atoms with Gasteiger partial charge < -0.3 is 25.5 Å². The number of carbonyl (C=O) groups excluding carboxylic acids is 1. The number of aliphatic imine (C=N–C) groups is 1. The first-order chi connectivity index (χ1) is 15.3. The van der Waals surface area contributed by atoms with E-state index < -0.39 is 5.60 Å². The number of amides is 1. The van der Waals surface area contributed by atoms with Crippen molar-refractivity contribution in [2.75, 3.05) is 20.2 Å². The molecular formula is C23H25N5O3S. The molecule has 1 aromatic carbocycles. The molecule has 3 heterocycles. The van der Waals surface area contributed by atoms with E-state index in [0.717, 1.165) is 38.2 Å². The number of nitrogens with one attached hydrogen (secondary N) is 2. The average Bonchev–Trinajstić information content (AvgIpc) is 3.49. The summed E-state index contributed by atoms with van der Waals surface area (Å²) >= 11 is 1.55. The van der Waals surface area contributed by atoms with Crippen LogP contribution in [0, 0.1) is 12.3 Å². The van der Waals surface area contributed by atoms with E-state index in [2.05, 4.69) is 28.7 Å². The number of nitrogens with zero attached hydrogens (tertiary/aromatic N) is 2. The predicted octanol–water partition coefficient (Wildman–Crippen LogP) is 3.13. The van der Waals surface area contributed by atoms with Crippen molar-refractivity contribution in [2.24, 2.45) is 10.7 Å². The molecule has 4 rings (SSSR count). The van der Waals surface area contributed by atoms with Crippen LogP contribution in [0.3, 0.4) is 0 Å². The largest absolute Gasteiger partial charge is 0.495 e. The van der Waals surface area contributed by atoms with E-state index >= 15 is 0 Å². The van der Waals surface area contributed by atoms with Gasteiger partial charge in [0.25, 0.3) is 0 Å². The zero-order chi connectivity index (χ0) is 23.0. The Morgan fingerprint density at radius 3 is 2.91 bits per heavy atom. The number of methoxy groups -OCH3 is 1. The highest BCUT2D eigenvalue weighted by Crippen LogP contribution is 2.42. The monoisotopic (exact) mass is 451 g/mol. The third-order valence-corrected chi connectivity index (χ3v) is 6.92. The first kappa shape index (κ1) is 21.8. The number of benzene rings is 1. The number of likely N-dealkylation sites (tertiary alicyclic amines) is 1. The van der Waals surface area contributed by atoms with E-state index in [1.807, 2.05) is 19.1 Å². The van der Waals surface area contributed by atoms with Crippen molar-refractivity contribution in [3.05, 3.63) is 53.9 Å². The molecule has 1 aliphatic heterocycles. The Morgan fingerprint density at radius 1 is 1.44 bits per heavy atom. The van der Waals surface area contributed by atoms with E-state index in [9.17, 15) is 9.90 Å². The van der Waals surface area contributed by atoms with Crippen molar-refractivity contribution in [3.63, 3.8) is 0 Å². The molecule has 1 aliphatic rings. The second-order valence-electron chi connectivity index (χ2n) is 7.86. The summed E-state index contributed by atoms with van der Waals surface area (Å²) in [7, 11) is 1.65. The fraction of sp³-hybridized carbons (Fsp3) is 0.261. The van der Waals surface area contributed by atoms with Crippen molar-refractivity contribution in [2.45, 2.75) is 18.9 Å². The van der Waals surface area contributed by atoms with Gasteiger partial charge in [0.05, 0.1) is 29.7 Å². The zero-order valence-electron chi connectivity index (χ0n) is 17.9. The third kappa shape index (κ3) is 3.69. The lowest BCUT2D eigenvalue weighted by Gasteiger charge is -2.21. The highest BCUT2D eigenvalue weighted by atomic mass is 32.1. The van der Waals surface area contributed by atoms with E-state index in [4.69, 9.17) is 15.9 Å². The molecule has 0 aliphatic carbocycles. The number of nitrogens with two attached hydrogens (primary N) is 1. The van der Waals surface area contributed by atoms with Crippen LogP contribution in [-0.2, 0) is 10.4 Å². The third-order valence-electron chi connectivity index (χ3n) is 5.72. The zero-order valence-corrected chi connectivity index (χ0v) is 18.8. The van der Waals surface area contributed by atoms with Crippen LogP contribution < -0.4 is 10.5 Å². The molecule has 0 radical (unpaired) electrons. The number of thiophene rings is 1. The smallest absolute Gasteiger partial charge is 0.246 e. The molecular weight excluding hydrogens is 426 g/mol. The number of aromatic nitrogens is 1. The Hall–Kier alpha value is -3.43. The van der Waals surface area contributed by atoms with Gasteiger partial charge in [0.2, 0.25) is 5.91 Å². The molecule has 32 heavy (non-hydrogen) atoms. The van der Waals surface area contributed by atoms with Crippen LogP contribution in [0.5, 0.6) is 5.75 Å². The summed E-state index contributed by atoms with van der Waals surface area (Å²) in [6.45, 7) is 6.12. The molecule has 1 atom stereocenters. The molecule has 5 N–H and O–H groups in total. The molecule has 3 aromatic rings.